The molecule has 0 saturated carbocycles. The molecule has 3 aromatic heterocycles. The summed E-state index contributed by atoms with van der Waals surface area (Å²) < 4.78 is 0. The maximum Gasteiger partial charge on any atom is 0.269 e. The van der Waals surface area contributed by atoms with Gasteiger partial charge in [-0.3, -0.25) is 14.6 Å². The second-order valence-corrected chi connectivity index (χ2v) is 7.22. The van der Waals surface area contributed by atoms with E-state index in [-0.39, 0.29) is 11.5 Å². The van der Waals surface area contributed by atoms with E-state index in [1.807, 2.05) is 31.3 Å². The SMILES string of the molecule is CCc1cc2ncc(CNC3CN(c4ccc(C(=O)NC)nc4)C3)cc2[nH]c1=O. The molecule has 1 fully saturated rings. The third-order valence-electron chi connectivity index (χ3n) is 5.26. The molecule has 8 nitrogen and oxygen atoms in total. The van der Waals surface area contributed by atoms with Crippen molar-refractivity contribution >= 4 is 22.6 Å². The maximum atomic E-state index is 12.0. The lowest BCUT2D eigenvalue weighted by Gasteiger charge is -2.41. The van der Waals surface area contributed by atoms with E-state index >= 15 is 0 Å². The van der Waals surface area contributed by atoms with Crippen LogP contribution in [0.25, 0.3) is 11.0 Å². The minimum absolute atomic E-state index is 0.0439. The number of anilines is 1. The summed E-state index contributed by atoms with van der Waals surface area (Å²) >= 11 is 0. The monoisotopic (exact) mass is 392 g/mol. The molecule has 150 valence electrons. The first-order valence-corrected chi connectivity index (χ1v) is 9.74. The molecule has 0 aliphatic carbocycles. The molecule has 29 heavy (non-hydrogen) atoms. The van der Waals surface area contributed by atoms with Crippen LogP contribution in [0.3, 0.4) is 0 Å². The van der Waals surface area contributed by atoms with Gasteiger partial charge in [0.25, 0.3) is 11.5 Å². The Labute approximate surface area is 168 Å². The molecule has 1 saturated heterocycles. The predicted octanol–water partition coefficient (Wildman–Crippen LogP) is 1.22. The molecule has 8 heteroatoms. The predicted molar refractivity (Wildman–Crippen MR) is 112 cm³/mol. The summed E-state index contributed by atoms with van der Waals surface area (Å²) in [5, 5.41) is 6.08. The molecule has 3 N–H and O–H groups in total. The van der Waals surface area contributed by atoms with Crippen LogP contribution < -0.4 is 21.1 Å². The van der Waals surface area contributed by atoms with Gasteiger partial charge in [-0.2, -0.15) is 0 Å². The number of fused-ring (bicyclic) bond motifs is 1. The van der Waals surface area contributed by atoms with Crippen LogP contribution in [0.15, 0.2) is 41.5 Å². The number of amides is 1. The number of aryl methyl sites for hydroxylation is 1. The van der Waals surface area contributed by atoms with E-state index in [0.29, 0.717) is 24.7 Å². The minimum atomic E-state index is -0.184. The lowest BCUT2D eigenvalue weighted by molar-refractivity contribution is 0.0958. The first kappa shape index (κ1) is 19.1. The fraction of sp³-hybridized carbons (Fsp3) is 0.333. The van der Waals surface area contributed by atoms with Crippen LogP contribution in [0.2, 0.25) is 0 Å². The van der Waals surface area contributed by atoms with Gasteiger partial charge in [0.15, 0.2) is 0 Å². The van der Waals surface area contributed by atoms with Crippen molar-refractivity contribution in [3.8, 4) is 0 Å². The minimum Gasteiger partial charge on any atom is -0.367 e. The van der Waals surface area contributed by atoms with Crippen molar-refractivity contribution in [2.45, 2.75) is 25.9 Å². The van der Waals surface area contributed by atoms with Crippen LogP contribution in [0.5, 0.6) is 0 Å². The summed E-state index contributed by atoms with van der Waals surface area (Å²) in [7, 11) is 1.59. The molecular formula is C21H24N6O2. The zero-order chi connectivity index (χ0) is 20.4. The number of nitrogens with one attached hydrogen (secondary N) is 3. The first-order chi connectivity index (χ1) is 14.1. The van der Waals surface area contributed by atoms with E-state index in [9.17, 15) is 9.59 Å². The van der Waals surface area contributed by atoms with E-state index in [1.54, 1.807) is 19.3 Å². The van der Waals surface area contributed by atoms with Crippen LogP contribution in [-0.2, 0) is 13.0 Å². The van der Waals surface area contributed by atoms with Gasteiger partial charge in [0.05, 0.1) is 22.9 Å². The Hall–Kier alpha value is -3.26. The Balaban J connectivity index is 1.33. The van der Waals surface area contributed by atoms with Gasteiger partial charge >= 0.3 is 0 Å². The van der Waals surface area contributed by atoms with E-state index in [1.165, 1.54) is 0 Å². The highest BCUT2D eigenvalue weighted by atomic mass is 16.1. The molecule has 0 radical (unpaired) electrons. The smallest absolute Gasteiger partial charge is 0.269 e. The van der Waals surface area contributed by atoms with Crippen molar-refractivity contribution in [3.63, 3.8) is 0 Å². The van der Waals surface area contributed by atoms with E-state index in [4.69, 9.17) is 0 Å². The van der Waals surface area contributed by atoms with Crippen LogP contribution in [0.4, 0.5) is 5.69 Å². The van der Waals surface area contributed by atoms with Gasteiger partial charge in [0.1, 0.15) is 5.69 Å². The lowest BCUT2D eigenvalue weighted by Crippen LogP contribution is -2.57. The zero-order valence-electron chi connectivity index (χ0n) is 16.5. The van der Waals surface area contributed by atoms with Crippen LogP contribution in [-0.4, -0.2) is 47.0 Å². The first-order valence-electron chi connectivity index (χ1n) is 9.74. The lowest BCUT2D eigenvalue weighted by atomic mass is 10.1. The third-order valence-corrected chi connectivity index (χ3v) is 5.26. The molecule has 3 aromatic rings. The molecule has 0 spiro atoms. The number of carbonyl (C=O) groups excluding carboxylic acids is 1. The number of hydrogen-bond donors (Lipinski definition) is 3. The molecule has 0 aromatic carbocycles. The van der Waals surface area contributed by atoms with Gasteiger partial charge < -0.3 is 20.5 Å². The summed E-state index contributed by atoms with van der Waals surface area (Å²) in [6, 6.07) is 7.86. The zero-order valence-corrected chi connectivity index (χ0v) is 16.5. The molecule has 4 rings (SSSR count). The average Bonchev–Trinajstić information content (AvgIpc) is 2.71. The Kier molecular flexibility index (Phi) is 5.26. The van der Waals surface area contributed by atoms with E-state index in [2.05, 4.69) is 30.5 Å². The van der Waals surface area contributed by atoms with Crippen LogP contribution in [0, 0.1) is 0 Å². The van der Waals surface area contributed by atoms with Gasteiger partial charge in [-0.15, -0.1) is 0 Å². The van der Waals surface area contributed by atoms with Crippen molar-refractivity contribution < 1.29 is 4.79 Å². The topological polar surface area (TPSA) is 103 Å². The molecule has 0 unspecified atom stereocenters. The number of nitrogens with zero attached hydrogens (tertiary/aromatic N) is 3. The number of carbonyl (C=O) groups is 1. The molecule has 1 aliphatic heterocycles. The Morgan fingerprint density at radius 3 is 2.76 bits per heavy atom. The van der Waals surface area contributed by atoms with Crippen molar-refractivity contribution in [2.75, 3.05) is 25.0 Å². The highest BCUT2D eigenvalue weighted by Gasteiger charge is 2.26. The number of hydrogen-bond acceptors (Lipinski definition) is 6. The van der Waals surface area contributed by atoms with E-state index < -0.39 is 0 Å². The van der Waals surface area contributed by atoms with Gasteiger partial charge in [-0.25, -0.2) is 4.98 Å². The summed E-state index contributed by atoms with van der Waals surface area (Å²) in [6.45, 7) is 4.40. The number of aromatic nitrogens is 3. The Morgan fingerprint density at radius 2 is 2.07 bits per heavy atom. The van der Waals surface area contributed by atoms with Gasteiger partial charge in [-0.05, 0) is 36.2 Å². The van der Waals surface area contributed by atoms with Crippen molar-refractivity contribution in [2.24, 2.45) is 0 Å². The number of pyridine rings is 3. The second kappa shape index (κ2) is 8.00. The van der Waals surface area contributed by atoms with Crippen LogP contribution >= 0.6 is 0 Å². The van der Waals surface area contributed by atoms with Crippen molar-refractivity contribution in [1.82, 2.24) is 25.6 Å². The van der Waals surface area contributed by atoms with E-state index in [0.717, 1.165) is 40.9 Å². The highest BCUT2D eigenvalue weighted by molar-refractivity contribution is 5.92. The van der Waals surface area contributed by atoms with Gasteiger partial charge in [0.2, 0.25) is 0 Å². The molecule has 4 heterocycles. The summed E-state index contributed by atoms with van der Waals surface area (Å²) in [5.74, 6) is -0.184. The quantitative estimate of drug-likeness (QED) is 0.583. The summed E-state index contributed by atoms with van der Waals surface area (Å²) in [6.07, 6.45) is 4.28. The largest absolute Gasteiger partial charge is 0.367 e. The van der Waals surface area contributed by atoms with Crippen molar-refractivity contribution in [1.29, 1.82) is 0 Å². The van der Waals surface area contributed by atoms with Gasteiger partial charge in [0, 0.05) is 44.5 Å². The number of aromatic amines is 1. The number of H-pyrrole nitrogens is 1. The fourth-order valence-corrected chi connectivity index (χ4v) is 3.44. The third kappa shape index (κ3) is 3.97. The molecule has 1 aliphatic rings. The maximum absolute atomic E-state index is 12.0. The molecule has 0 atom stereocenters. The van der Waals surface area contributed by atoms with Crippen molar-refractivity contribution in [3.05, 3.63) is 63.8 Å². The van der Waals surface area contributed by atoms with Crippen LogP contribution in [0.1, 0.15) is 28.5 Å². The molecule has 0 bridgehead atoms. The normalized spacial score (nSPS) is 14.1. The summed E-state index contributed by atoms with van der Waals surface area (Å²) in [5.41, 5.74) is 4.75. The standard InChI is InChI=1S/C21H24N6O2/c1-3-14-7-18-19(26-20(14)28)6-13(9-24-18)8-23-15-11-27(12-15)16-4-5-17(25-10-16)21(29)22-2/h4-7,9-10,15,23H,3,8,11-12H2,1-2H3,(H,22,29)(H,26,28). The van der Waals surface area contributed by atoms with Gasteiger partial charge in [-0.1, -0.05) is 6.92 Å². The Bertz CT molecular complexity index is 1090. The molecular weight excluding hydrogens is 368 g/mol. The highest BCUT2D eigenvalue weighted by Crippen LogP contribution is 2.20. The summed E-state index contributed by atoms with van der Waals surface area (Å²) in [4.78, 5) is 37.4. The molecule has 1 amide bonds. The Morgan fingerprint density at radius 1 is 1.24 bits per heavy atom. The average molecular weight is 392 g/mol. The second-order valence-electron chi connectivity index (χ2n) is 7.22. The number of rotatable bonds is 6. The fourth-order valence-electron chi connectivity index (χ4n) is 3.44.